The van der Waals surface area contributed by atoms with Gasteiger partial charge in [-0.25, -0.2) is 4.39 Å². The van der Waals surface area contributed by atoms with Crippen molar-refractivity contribution >= 4 is 12.0 Å². The minimum atomic E-state index is -0.708. The Balaban J connectivity index is 2.47. The fourth-order valence-electron chi connectivity index (χ4n) is 1.64. The van der Waals surface area contributed by atoms with Crippen LogP contribution in [0.25, 0.3) is 0 Å². The van der Waals surface area contributed by atoms with E-state index >= 15 is 0 Å². The van der Waals surface area contributed by atoms with Crippen molar-refractivity contribution in [3.63, 3.8) is 0 Å². The normalized spacial score (nSPS) is 9.71. The van der Waals surface area contributed by atoms with E-state index in [0.717, 1.165) is 18.2 Å². The molecule has 0 N–H and O–H groups in total. The number of benzene rings is 2. The van der Waals surface area contributed by atoms with Gasteiger partial charge in [-0.2, -0.15) is 5.26 Å². The third-order valence-electron chi connectivity index (χ3n) is 2.60. The summed E-state index contributed by atoms with van der Waals surface area (Å²) in [6.07, 6.45) is 0.383. The van der Waals surface area contributed by atoms with Gasteiger partial charge in [0.25, 0.3) is 0 Å². The van der Waals surface area contributed by atoms with Crippen LogP contribution in [-0.2, 0) is 0 Å². The Bertz CT molecular complexity index is 768. The molecule has 6 nitrogen and oxygen atoms in total. The lowest BCUT2D eigenvalue weighted by atomic mass is 10.2. The van der Waals surface area contributed by atoms with E-state index in [1.54, 1.807) is 6.07 Å². The molecule has 0 saturated heterocycles. The Morgan fingerprint density at radius 2 is 1.95 bits per heavy atom. The summed E-state index contributed by atoms with van der Waals surface area (Å²) in [5, 5.41) is 19.7. The summed E-state index contributed by atoms with van der Waals surface area (Å²) >= 11 is 0. The number of rotatable bonds is 4. The van der Waals surface area contributed by atoms with Crippen LogP contribution in [0.3, 0.4) is 0 Å². The molecule has 0 saturated carbocycles. The van der Waals surface area contributed by atoms with Crippen molar-refractivity contribution in [2.75, 3.05) is 0 Å². The highest BCUT2D eigenvalue weighted by molar-refractivity contribution is 5.79. The van der Waals surface area contributed by atoms with Crippen molar-refractivity contribution in [2.45, 2.75) is 0 Å². The number of nitrogens with zero attached hydrogens (tertiary/aromatic N) is 2. The summed E-state index contributed by atoms with van der Waals surface area (Å²) in [7, 11) is 0. The predicted molar refractivity (Wildman–Crippen MR) is 69.7 cm³/mol. The number of carbonyl (C=O) groups excluding carboxylic acids is 1. The molecule has 0 aliphatic heterocycles. The maximum Gasteiger partial charge on any atom is 0.312 e. The van der Waals surface area contributed by atoms with Crippen molar-refractivity contribution < 1.29 is 18.8 Å². The fourth-order valence-corrected chi connectivity index (χ4v) is 1.64. The Morgan fingerprint density at radius 3 is 2.57 bits per heavy atom. The van der Waals surface area contributed by atoms with Gasteiger partial charge >= 0.3 is 5.69 Å². The van der Waals surface area contributed by atoms with Gasteiger partial charge in [-0.15, -0.1) is 0 Å². The molecular weight excluding hydrogens is 279 g/mol. The maximum atomic E-state index is 13.0. The lowest BCUT2D eigenvalue weighted by Crippen LogP contribution is -1.96. The number of carbonyl (C=O) groups is 1. The SMILES string of the molecule is N#Cc1ccc(Oc2ccc(F)cc2C=O)c([N+](=O)[O-])c1. The molecule has 0 aliphatic rings. The van der Waals surface area contributed by atoms with E-state index in [4.69, 9.17) is 10.00 Å². The molecule has 0 radical (unpaired) electrons. The average Bonchev–Trinajstić information content (AvgIpc) is 2.49. The van der Waals surface area contributed by atoms with E-state index in [9.17, 15) is 19.3 Å². The highest BCUT2D eigenvalue weighted by Gasteiger charge is 2.18. The van der Waals surface area contributed by atoms with Crippen LogP contribution in [0.4, 0.5) is 10.1 Å². The summed E-state index contributed by atoms with van der Waals surface area (Å²) in [6, 6.07) is 8.64. The van der Waals surface area contributed by atoms with Crippen molar-refractivity contribution in [1.82, 2.24) is 0 Å². The van der Waals surface area contributed by atoms with Crippen LogP contribution >= 0.6 is 0 Å². The van der Waals surface area contributed by atoms with E-state index in [2.05, 4.69) is 0 Å². The molecule has 7 heteroatoms. The van der Waals surface area contributed by atoms with Crippen LogP contribution in [0.1, 0.15) is 15.9 Å². The van der Waals surface area contributed by atoms with Gasteiger partial charge in [-0.1, -0.05) is 0 Å². The summed E-state index contributed by atoms with van der Waals surface area (Å²) in [6.45, 7) is 0. The van der Waals surface area contributed by atoms with Gasteiger partial charge < -0.3 is 4.74 Å². The Hall–Kier alpha value is -3.27. The second kappa shape index (κ2) is 5.79. The number of nitriles is 1. The molecule has 0 aliphatic carbocycles. The number of nitro benzene ring substituents is 1. The molecule has 104 valence electrons. The molecule has 0 spiro atoms. The summed E-state index contributed by atoms with van der Waals surface area (Å²) in [5.41, 5.74) is -0.396. The zero-order valence-electron chi connectivity index (χ0n) is 10.4. The summed E-state index contributed by atoms with van der Waals surface area (Å²) < 4.78 is 18.3. The largest absolute Gasteiger partial charge is 0.449 e. The second-order valence-electron chi connectivity index (χ2n) is 3.95. The molecule has 0 unspecified atom stereocenters. The fraction of sp³-hybridized carbons (Fsp3) is 0. The standard InChI is InChI=1S/C14H7FN2O4/c15-11-2-4-13(10(6-11)8-18)21-14-3-1-9(7-16)5-12(14)17(19)20/h1-6,8H. The molecule has 0 bridgehead atoms. The minimum Gasteiger partial charge on any atom is -0.449 e. The summed E-state index contributed by atoms with van der Waals surface area (Å²) in [4.78, 5) is 21.1. The van der Waals surface area contributed by atoms with Crippen molar-refractivity contribution in [1.29, 1.82) is 5.26 Å². The first-order valence-corrected chi connectivity index (χ1v) is 5.66. The van der Waals surface area contributed by atoms with Gasteiger partial charge in [0.2, 0.25) is 5.75 Å². The van der Waals surface area contributed by atoms with Gasteiger partial charge in [0.05, 0.1) is 22.1 Å². The van der Waals surface area contributed by atoms with Gasteiger partial charge in [-0.05, 0) is 30.3 Å². The third kappa shape index (κ3) is 3.01. The second-order valence-corrected chi connectivity index (χ2v) is 3.95. The van der Waals surface area contributed by atoms with Gasteiger partial charge in [0.1, 0.15) is 11.6 Å². The summed E-state index contributed by atoms with van der Waals surface area (Å²) in [5.74, 6) is -0.785. The third-order valence-corrected chi connectivity index (χ3v) is 2.60. The van der Waals surface area contributed by atoms with E-state index in [1.807, 2.05) is 0 Å². The van der Waals surface area contributed by atoms with E-state index < -0.39 is 16.4 Å². The van der Waals surface area contributed by atoms with Crippen molar-refractivity contribution in [2.24, 2.45) is 0 Å². The van der Waals surface area contributed by atoms with Gasteiger partial charge in [-0.3, -0.25) is 14.9 Å². The monoisotopic (exact) mass is 286 g/mol. The Morgan fingerprint density at radius 1 is 1.24 bits per heavy atom. The first kappa shape index (κ1) is 14.1. The predicted octanol–water partition coefficient (Wildman–Crippen LogP) is 3.21. The molecule has 0 heterocycles. The molecule has 0 atom stereocenters. The Kier molecular flexibility index (Phi) is 3.90. The molecular formula is C14H7FN2O4. The molecule has 0 amide bonds. The van der Waals surface area contributed by atoms with E-state index in [0.29, 0.717) is 6.29 Å². The highest BCUT2D eigenvalue weighted by Crippen LogP contribution is 2.33. The molecule has 2 aromatic carbocycles. The number of aldehydes is 1. The average molecular weight is 286 g/mol. The van der Waals surface area contributed by atoms with Crippen molar-refractivity contribution in [3.8, 4) is 17.6 Å². The Labute approximate surface area is 118 Å². The molecule has 0 fully saturated rings. The first-order chi connectivity index (χ1) is 10.0. The quantitative estimate of drug-likeness (QED) is 0.488. The van der Waals surface area contributed by atoms with Crippen LogP contribution in [0.5, 0.6) is 11.5 Å². The van der Waals surface area contributed by atoms with Crippen LogP contribution in [0.15, 0.2) is 36.4 Å². The topological polar surface area (TPSA) is 93.2 Å². The zero-order valence-corrected chi connectivity index (χ0v) is 10.4. The van der Waals surface area contributed by atoms with Gasteiger partial charge in [0, 0.05) is 6.07 Å². The maximum absolute atomic E-state index is 13.0. The number of hydrogen-bond donors (Lipinski definition) is 0. The van der Waals surface area contributed by atoms with Crippen LogP contribution < -0.4 is 4.74 Å². The van der Waals surface area contributed by atoms with Crippen LogP contribution in [-0.4, -0.2) is 11.2 Å². The lowest BCUT2D eigenvalue weighted by molar-refractivity contribution is -0.385. The zero-order chi connectivity index (χ0) is 15.4. The number of hydrogen-bond acceptors (Lipinski definition) is 5. The smallest absolute Gasteiger partial charge is 0.312 e. The minimum absolute atomic E-state index is 0.0146. The highest BCUT2D eigenvalue weighted by atomic mass is 19.1. The number of halogens is 1. The molecule has 0 aromatic heterocycles. The van der Waals surface area contributed by atoms with E-state index in [-0.39, 0.29) is 22.6 Å². The molecule has 21 heavy (non-hydrogen) atoms. The first-order valence-electron chi connectivity index (χ1n) is 5.66. The van der Waals surface area contributed by atoms with Crippen LogP contribution in [0, 0.1) is 27.3 Å². The number of nitro groups is 1. The van der Waals surface area contributed by atoms with Crippen LogP contribution in [0.2, 0.25) is 0 Å². The van der Waals surface area contributed by atoms with Crippen molar-refractivity contribution in [3.05, 3.63) is 63.5 Å². The molecule has 2 rings (SSSR count). The number of ether oxygens (including phenoxy) is 1. The van der Waals surface area contributed by atoms with E-state index in [1.165, 1.54) is 18.2 Å². The molecule has 2 aromatic rings. The lowest BCUT2D eigenvalue weighted by Gasteiger charge is -2.08. The van der Waals surface area contributed by atoms with Gasteiger partial charge in [0.15, 0.2) is 6.29 Å².